The third-order valence-electron chi connectivity index (χ3n) is 8.96. The summed E-state index contributed by atoms with van der Waals surface area (Å²) in [6, 6.07) is 13.7. The zero-order valence-electron chi connectivity index (χ0n) is 27.1. The first-order valence-corrected chi connectivity index (χ1v) is 20.0. The molecule has 13 nitrogen and oxygen atoms in total. The van der Waals surface area contributed by atoms with Gasteiger partial charge in [-0.15, -0.1) is 0 Å². The molecule has 0 radical (unpaired) electrons. The van der Waals surface area contributed by atoms with Crippen LogP contribution in [0, 0.1) is 5.41 Å². The Balaban J connectivity index is 1.59. The summed E-state index contributed by atoms with van der Waals surface area (Å²) in [5, 5.41) is 16.2. The lowest BCUT2D eigenvalue weighted by Crippen LogP contribution is -2.52. The quantitative estimate of drug-likeness (QED) is 0.0764. The Kier molecular flexibility index (Phi) is 12.6. The minimum atomic E-state index is -4.41. The van der Waals surface area contributed by atoms with Crippen LogP contribution in [-0.4, -0.2) is 78.0 Å². The Hall–Kier alpha value is -3.55. The van der Waals surface area contributed by atoms with Crippen LogP contribution in [0.1, 0.15) is 56.1 Å². The number of hydrogen-bond acceptors (Lipinski definition) is 7. The van der Waals surface area contributed by atoms with Gasteiger partial charge >= 0.3 is 5.97 Å². The Morgan fingerprint density at radius 2 is 1.65 bits per heavy atom. The normalized spacial score (nSPS) is 17.6. The molecule has 8 N–H and O–H groups in total. The van der Waals surface area contributed by atoms with Crippen LogP contribution in [0.5, 0.6) is 0 Å². The molecule has 2 unspecified atom stereocenters. The Morgan fingerprint density at radius 1 is 0.979 bits per heavy atom. The molecule has 0 bridgehead atoms. The number of rotatable bonds is 18. The zero-order valence-corrected chi connectivity index (χ0v) is 28.8. The van der Waals surface area contributed by atoms with Gasteiger partial charge in [0.1, 0.15) is 17.9 Å². The highest BCUT2D eigenvalue weighted by molar-refractivity contribution is 7.88. The van der Waals surface area contributed by atoms with Crippen molar-refractivity contribution >= 4 is 46.1 Å². The van der Waals surface area contributed by atoms with Gasteiger partial charge in [0, 0.05) is 36.1 Å². The van der Waals surface area contributed by atoms with Crippen molar-refractivity contribution in [3.63, 3.8) is 0 Å². The first kappa shape index (κ1) is 37.3. The molecule has 1 aliphatic rings. The third kappa shape index (κ3) is 9.99. The van der Waals surface area contributed by atoms with Crippen LogP contribution in [0.2, 0.25) is 0 Å². The molecule has 48 heavy (non-hydrogen) atoms. The van der Waals surface area contributed by atoms with Gasteiger partial charge in [0.05, 0.1) is 11.7 Å². The van der Waals surface area contributed by atoms with E-state index in [4.69, 9.17) is 5.73 Å². The van der Waals surface area contributed by atoms with Crippen molar-refractivity contribution in [1.29, 1.82) is 0 Å². The van der Waals surface area contributed by atoms with Crippen molar-refractivity contribution in [2.24, 2.45) is 11.1 Å². The molecule has 15 heteroatoms. The summed E-state index contributed by atoms with van der Waals surface area (Å²) in [5.41, 5.74) is 6.43. The molecule has 1 aliphatic carbocycles. The molecular weight excluding hydrogens is 657 g/mol. The van der Waals surface area contributed by atoms with E-state index in [0.29, 0.717) is 43.4 Å². The number of carbonyl (C=O) groups excluding carboxylic acids is 2. The summed E-state index contributed by atoms with van der Waals surface area (Å²) >= 11 is 0. The summed E-state index contributed by atoms with van der Waals surface area (Å²) in [4.78, 5) is 54.7. The van der Waals surface area contributed by atoms with E-state index in [2.05, 4.69) is 20.3 Å². The van der Waals surface area contributed by atoms with E-state index in [1.54, 1.807) is 36.5 Å². The summed E-state index contributed by atoms with van der Waals surface area (Å²) in [5.74, 6) is -3.97. The average molecular weight is 704 g/mol. The molecule has 1 fully saturated rings. The van der Waals surface area contributed by atoms with E-state index < -0.39 is 64.6 Å². The van der Waals surface area contributed by atoms with E-state index in [1.807, 2.05) is 24.3 Å². The summed E-state index contributed by atoms with van der Waals surface area (Å²) < 4.78 is 40.9. The first-order valence-electron chi connectivity index (χ1n) is 16.1. The number of H-pyrrole nitrogens is 1. The lowest BCUT2D eigenvalue weighted by molar-refractivity contribution is -0.143. The Morgan fingerprint density at radius 3 is 2.29 bits per heavy atom. The maximum absolute atomic E-state index is 14.4. The van der Waals surface area contributed by atoms with Gasteiger partial charge in [-0.05, 0) is 49.4 Å². The number of unbranched alkanes of at least 4 members (excludes halogenated alkanes) is 1. The number of carboxylic acid groups (broad SMARTS) is 1. The minimum Gasteiger partial charge on any atom is -0.480 e. The van der Waals surface area contributed by atoms with Crippen molar-refractivity contribution in [3.8, 4) is 0 Å². The van der Waals surface area contributed by atoms with Crippen molar-refractivity contribution in [3.05, 3.63) is 71.9 Å². The van der Waals surface area contributed by atoms with Crippen LogP contribution in [0.25, 0.3) is 10.9 Å². The van der Waals surface area contributed by atoms with E-state index >= 15 is 0 Å². The summed E-state index contributed by atoms with van der Waals surface area (Å²) in [6.07, 6.45) is 4.98. The van der Waals surface area contributed by atoms with Gasteiger partial charge in [-0.25, -0.2) is 17.9 Å². The molecule has 1 heterocycles. The highest BCUT2D eigenvalue weighted by Gasteiger charge is 2.49. The number of aliphatic carboxylic acids is 1. The Labute approximate surface area is 281 Å². The van der Waals surface area contributed by atoms with Crippen molar-refractivity contribution in [1.82, 2.24) is 20.3 Å². The molecule has 2 aromatic carbocycles. The number of sulfonamides is 1. The number of hydrogen-bond donors (Lipinski definition) is 7. The fraction of sp³-hybridized carbons (Fsp3) is 0.485. The number of nitrogens with one attached hydrogen (secondary N) is 4. The number of nitrogens with two attached hydrogens (primary N) is 1. The zero-order chi connectivity index (χ0) is 35.0. The molecule has 4 atom stereocenters. The molecule has 0 saturated heterocycles. The van der Waals surface area contributed by atoms with Gasteiger partial charge in [-0.2, -0.15) is 0 Å². The molecular formula is C33H46N5O8PS. The lowest BCUT2D eigenvalue weighted by atomic mass is 9.87. The largest absolute Gasteiger partial charge is 0.480 e. The standard InChI is InChI=1S/C33H46N5O8PS/c1-48(45,46)38-27(15-7-10-18-34)30(39)37-29(19-23-11-3-2-4-12-23)47(43,44)22-33(16-8-9-17-33)32(42)36-28(31(40)41)20-24-21-35-26-14-6-5-13-25(24)26/h2-6,11-14,21,27-29,35,38H,7-10,15-20,22,34H2,1H3,(H,36,42)(H,37,39)(H,40,41)(H,43,44)/t27-,28+,29?/m1/s1. The second-order valence-electron chi connectivity index (χ2n) is 12.8. The monoisotopic (exact) mass is 703 g/mol. The van der Waals surface area contributed by atoms with Gasteiger partial charge in [0.25, 0.3) is 0 Å². The number of benzene rings is 2. The predicted octanol–water partition coefficient (Wildman–Crippen LogP) is 2.84. The van der Waals surface area contributed by atoms with E-state index in [9.17, 15) is 37.4 Å². The van der Waals surface area contributed by atoms with Gasteiger partial charge in [-0.1, -0.05) is 67.8 Å². The van der Waals surface area contributed by atoms with Gasteiger partial charge in [0.15, 0.2) is 0 Å². The fourth-order valence-electron chi connectivity index (χ4n) is 6.48. The number of amides is 2. The van der Waals surface area contributed by atoms with Crippen molar-refractivity contribution in [2.75, 3.05) is 19.0 Å². The Bertz CT molecular complexity index is 1730. The molecule has 2 amide bonds. The summed E-state index contributed by atoms with van der Waals surface area (Å²) in [7, 11) is -8.21. The fourth-order valence-corrected chi connectivity index (χ4v) is 9.59. The van der Waals surface area contributed by atoms with E-state index in [0.717, 1.165) is 17.2 Å². The minimum absolute atomic E-state index is 0.00350. The molecule has 0 aliphatic heterocycles. The van der Waals surface area contributed by atoms with Crippen molar-refractivity contribution in [2.45, 2.75) is 75.7 Å². The number of para-hydroxylation sites is 1. The van der Waals surface area contributed by atoms with Crippen molar-refractivity contribution < 1.29 is 37.4 Å². The molecule has 1 aromatic heterocycles. The highest BCUT2D eigenvalue weighted by atomic mass is 32.2. The van der Waals surface area contributed by atoms with Crippen LogP contribution in [0.15, 0.2) is 60.8 Å². The molecule has 3 aromatic rings. The van der Waals surface area contributed by atoms with Crippen LogP contribution in [-0.2, 0) is 41.8 Å². The van der Waals surface area contributed by atoms with Crippen LogP contribution in [0.4, 0.5) is 0 Å². The number of aromatic nitrogens is 1. The third-order valence-corrected chi connectivity index (χ3v) is 12.0. The van der Waals surface area contributed by atoms with E-state index in [1.165, 1.54) is 0 Å². The smallest absolute Gasteiger partial charge is 0.326 e. The highest BCUT2D eigenvalue weighted by Crippen LogP contribution is 2.55. The van der Waals surface area contributed by atoms with Gasteiger partial charge in [-0.3, -0.25) is 14.2 Å². The lowest BCUT2D eigenvalue weighted by Gasteiger charge is -2.34. The SMILES string of the molecule is CS(=O)(=O)N[C@H](CCCCN)C(=O)NC(Cc1ccccc1)P(=O)(O)CC1(C(=O)N[C@@H](Cc2c[nH]c3ccccc23)C(=O)O)CCCC1. The van der Waals surface area contributed by atoms with Gasteiger partial charge in [0.2, 0.25) is 29.2 Å². The molecule has 4 rings (SSSR count). The molecule has 262 valence electrons. The number of fused-ring (bicyclic) bond motifs is 1. The maximum Gasteiger partial charge on any atom is 0.326 e. The second-order valence-corrected chi connectivity index (χ2v) is 17.0. The molecule has 1 saturated carbocycles. The van der Waals surface area contributed by atoms with Crippen LogP contribution in [0.3, 0.4) is 0 Å². The average Bonchev–Trinajstić information content (AvgIpc) is 3.67. The van der Waals surface area contributed by atoms with E-state index in [-0.39, 0.29) is 32.1 Å². The topological polar surface area (TPSA) is 221 Å². The first-order chi connectivity index (χ1) is 22.7. The number of aromatic amines is 1. The predicted molar refractivity (Wildman–Crippen MR) is 184 cm³/mol. The maximum atomic E-state index is 14.4. The summed E-state index contributed by atoms with van der Waals surface area (Å²) in [6.45, 7) is 0.352. The molecule has 0 spiro atoms. The number of carboxylic acids is 1. The van der Waals surface area contributed by atoms with Gasteiger partial charge < -0.3 is 31.4 Å². The second kappa shape index (κ2) is 16.2. The number of carbonyl (C=O) groups is 3. The van der Waals surface area contributed by atoms with Crippen LogP contribution >= 0.6 is 7.37 Å². The van der Waals surface area contributed by atoms with Crippen LogP contribution < -0.4 is 21.1 Å².